The van der Waals surface area contributed by atoms with Crippen LogP contribution >= 0.6 is 0 Å². The van der Waals surface area contributed by atoms with Gasteiger partial charge in [0.25, 0.3) is 0 Å². The van der Waals surface area contributed by atoms with Crippen molar-refractivity contribution in [2.45, 2.75) is 84.7 Å². The Morgan fingerprint density at radius 3 is 2.13 bits per heavy atom. The van der Waals surface area contributed by atoms with E-state index in [1.54, 1.807) is 0 Å². The topological polar surface area (TPSA) is 73.9 Å². The van der Waals surface area contributed by atoms with E-state index in [1.165, 1.54) is 5.56 Å². The molecule has 4 rings (SSSR count). The molecule has 1 unspecified atom stereocenters. The van der Waals surface area contributed by atoms with Crippen molar-refractivity contribution in [3.8, 4) is 5.75 Å². The van der Waals surface area contributed by atoms with Crippen LogP contribution < -0.4 is 15.4 Å². The number of carbonyl (C=O) groups is 2. The molecule has 7 heteroatoms. The van der Waals surface area contributed by atoms with Crippen molar-refractivity contribution in [1.82, 2.24) is 20.4 Å². The summed E-state index contributed by atoms with van der Waals surface area (Å²) in [5.74, 6) is 1.46. The minimum absolute atomic E-state index is 0.0459. The quantitative estimate of drug-likeness (QED) is 0.190. The third kappa shape index (κ3) is 11.6. The summed E-state index contributed by atoms with van der Waals surface area (Å²) in [6.07, 6.45) is 3.04. The Hall–Kier alpha value is -3.68. The van der Waals surface area contributed by atoms with Crippen molar-refractivity contribution in [3.63, 3.8) is 0 Å². The van der Waals surface area contributed by atoms with Crippen LogP contribution in [0, 0.1) is 11.8 Å². The molecule has 46 heavy (non-hydrogen) atoms. The number of nitrogens with one attached hydrogen (secondary N) is 2. The van der Waals surface area contributed by atoms with E-state index in [2.05, 4.69) is 72.4 Å². The lowest BCUT2D eigenvalue weighted by atomic mass is 9.99. The molecule has 1 heterocycles. The Bertz CT molecular complexity index is 1330. The first kappa shape index (κ1) is 35.2. The summed E-state index contributed by atoms with van der Waals surface area (Å²) < 4.78 is 5.98. The summed E-state index contributed by atoms with van der Waals surface area (Å²) in [4.78, 5) is 32.3. The number of nitrogens with zero attached hydrogens (tertiary/aromatic N) is 2. The first-order valence-corrected chi connectivity index (χ1v) is 17.0. The molecule has 2 N–H and O–H groups in total. The van der Waals surface area contributed by atoms with E-state index in [4.69, 9.17) is 4.74 Å². The van der Waals surface area contributed by atoms with Crippen LogP contribution in [0.2, 0.25) is 0 Å². The summed E-state index contributed by atoms with van der Waals surface area (Å²) >= 11 is 0. The van der Waals surface area contributed by atoms with Gasteiger partial charge in [-0.05, 0) is 73.5 Å². The predicted molar refractivity (Wildman–Crippen MR) is 186 cm³/mol. The van der Waals surface area contributed by atoms with Crippen molar-refractivity contribution >= 4 is 11.8 Å². The van der Waals surface area contributed by atoms with Gasteiger partial charge in [-0.2, -0.15) is 0 Å². The first-order valence-electron chi connectivity index (χ1n) is 17.0. The van der Waals surface area contributed by atoms with E-state index in [9.17, 15) is 9.59 Å². The maximum absolute atomic E-state index is 13.9. The second kappa shape index (κ2) is 17.9. The Morgan fingerprint density at radius 1 is 0.848 bits per heavy atom. The third-order valence-electron chi connectivity index (χ3n) is 8.70. The molecule has 0 aromatic heterocycles. The van der Waals surface area contributed by atoms with Gasteiger partial charge in [-0.25, -0.2) is 0 Å². The normalized spacial score (nSPS) is 16.5. The molecule has 3 aromatic carbocycles. The fourth-order valence-electron chi connectivity index (χ4n) is 5.96. The molecular weight excluding hydrogens is 572 g/mol. The van der Waals surface area contributed by atoms with Crippen LogP contribution in [0.1, 0.15) is 63.6 Å². The van der Waals surface area contributed by atoms with Gasteiger partial charge in [-0.1, -0.05) is 100 Å². The molecule has 7 nitrogen and oxygen atoms in total. The predicted octanol–water partition coefficient (Wildman–Crippen LogP) is 6.08. The van der Waals surface area contributed by atoms with Gasteiger partial charge in [-0.15, -0.1) is 0 Å². The molecule has 0 aliphatic carbocycles. The van der Waals surface area contributed by atoms with Crippen LogP contribution in [0.25, 0.3) is 0 Å². The maximum Gasteiger partial charge on any atom is 0.243 e. The number of likely N-dealkylation sites (tertiary alicyclic amines) is 1. The van der Waals surface area contributed by atoms with E-state index in [0.29, 0.717) is 24.9 Å². The molecule has 1 saturated heterocycles. The molecule has 0 radical (unpaired) electrons. The largest absolute Gasteiger partial charge is 0.489 e. The van der Waals surface area contributed by atoms with Gasteiger partial charge in [-0.3, -0.25) is 19.4 Å². The number of rotatable bonds is 17. The van der Waals surface area contributed by atoms with Crippen LogP contribution in [0.15, 0.2) is 84.9 Å². The highest BCUT2D eigenvalue weighted by molar-refractivity contribution is 5.90. The molecular formula is C39H54N4O3. The maximum atomic E-state index is 13.9. The average molecular weight is 627 g/mol. The fraction of sp³-hybridized carbons (Fsp3) is 0.487. The van der Waals surface area contributed by atoms with E-state index < -0.39 is 6.04 Å². The minimum Gasteiger partial charge on any atom is -0.489 e. The van der Waals surface area contributed by atoms with Crippen molar-refractivity contribution in [2.24, 2.45) is 11.8 Å². The highest BCUT2D eigenvalue weighted by Crippen LogP contribution is 2.18. The van der Waals surface area contributed by atoms with E-state index in [1.807, 2.05) is 67.7 Å². The summed E-state index contributed by atoms with van der Waals surface area (Å²) in [5.41, 5.74) is 3.35. The van der Waals surface area contributed by atoms with Crippen molar-refractivity contribution in [1.29, 1.82) is 0 Å². The van der Waals surface area contributed by atoms with Gasteiger partial charge in [0, 0.05) is 32.1 Å². The smallest absolute Gasteiger partial charge is 0.243 e. The number of carbonyl (C=O) groups excluding carboxylic acids is 2. The zero-order valence-electron chi connectivity index (χ0n) is 28.5. The number of likely N-dealkylation sites (N-methyl/N-ethyl adjacent to an activating group) is 1. The standard InChI is InChI=1S/C39H54N4O3/c1-29(2)20-22-42(5)37(24-30(3)4)39(45)41-36(25-31-16-18-35(19-17-31)46-28-33-14-10-7-11-15-33)38(44)40-34-21-23-43(27-34)26-32-12-8-6-9-13-32/h6-19,29-30,34,36-37H,20-28H2,1-5H3,(H,40,44)(H,41,45)/t34?,36-,37-/m0/s1. The minimum atomic E-state index is -0.681. The number of ether oxygens (including phenoxy) is 1. The summed E-state index contributed by atoms with van der Waals surface area (Å²) in [6, 6.07) is 27.4. The Kier molecular flexibility index (Phi) is 13.7. The van der Waals surface area contributed by atoms with Crippen LogP contribution in [-0.2, 0) is 29.2 Å². The third-order valence-corrected chi connectivity index (χ3v) is 8.70. The Labute approximate surface area is 276 Å². The van der Waals surface area contributed by atoms with Gasteiger partial charge in [0.15, 0.2) is 0 Å². The molecule has 248 valence electrons. The summed E-state index contributed by atoms with van der Waals surface area (Å²) in [6.45, 7) is 12.6. The zero-order valence-corrected chi connectivity index (χ0v) is 28.5. The van der Waals surface area contributed by atoms with Crippen molar-refractivity contribution in [2.75, 3.05) is 26.7 Å². The SMILES string of the molecule is CC(C)CCN(C)[C@@H](CC(C)C)C(=O)N[C@@H](Cc1ccc(OCc2ccccc2)cc1)C(=O)NC1CCN(Cc2ccccc2)C1. The monoisotopic (exact) mass is 626 g/mol. The number of benzene rings is 3. The van der Waals surface area contributed by atoms with E-state index in [0.717, 1.165) is 62.3 Å². The van der Waals surface area contributed by atoms with Crippen molar-refractivity contribution < 1.29 is 14.3 Å². The zero-order chi connectivity index (χ0) is 32.9. The van der Waals surface area contributed by atoms with Crippen LogP contribution in [0.4, 0.5) is 0 Å². The number of amides is 2. The van der Waals surface area contributed by atoms with Gasteiger partial charge in [0.2, 0.25) is 11.8 Å². The van der Waals surface area contributed by atoms with Crippen LogP contribution in [0.5, 0.6) is 5.75 Å². The molecule has 0 bridgehead atoms. The highest BCUT2D eigenvalue weighted by atomic mass is 16.5. The van der Waals surface area contributed by atoms with E-state index in [-0.39, 0.29) is 23.9 Å². The second-order valence-corrected chi connectivity index (χ2v) is 13.7. The molecule has 3 atom stereocenters. The molecule has 1 aliphatic heterocycles. The lowest BCUT2D eigenvalue weighted by Crippen LogP contribution is -2.55. The Morgan fingerprint density at radius 2 is 1.50 bits per heavy atom. The first-order chi connectivity index (χ1) is 22.2. The number of hydrogen-bond donors (Lipinski definition) is 2. The molecule has 0 spiro atoms. The van der Waals surface area contributed by atoms with Crippen molar-refractivity contribution in [3.05, 3.63) is 102 Å². The Balaban J connectivity index is 1.43. The molecule has 3 aromatic rings. The lowest BCUT2D eigenvalue weighted by molar-refractivity contribution is -0.132. The highest BCUT2D eigenvalue weighted by Gasteiger charge is 2.31. The van der Waals surface area contributed by atoms with Gasteiger partial charge >= 0.3 is 0 Å². The van der Waals surface area contributed by atoms with Gasteiger partial charge in [0.1, 0.15) is 18.4 Å². The van der Waals surface area contributed by atoms with Gasteiger partial charge in [0.05, 0.1) is 6.04 Å². The average Bonchev–Trinajstić information content (AvgIpc) is 3.48. The molecule has 1 aliphatic rings. The summed E-state index contributed by atoms with van der Waals surface area (Å²) in [5, 5.41) is 6.47. The lowest BCUT2D eigenvalue weighted by Gasteiger charge is -2.31. The van der Waals surface area contributed by atoms with E-state index >= 15 is 0 Å². The van der Waals surface area contributed by atoms with Gasteiger partial charge < -0.3 is 15.4 Å². The molecule has 0 saturated carbocycles. The molecule has 2 amide bonds. The fourth-order valence-corrected chi connectivity index (χ4v) is 5.96. The van der Waals surface area contributed by atoms with Crippen LogP contribution in [0.3, 0.4) is 0 Å². The summed E-state index contributed by atoms with van der Waals surface area (Å²) in [7, 11) is 2.03. The number of hydrogen-bond acceptors (Lipinski definition) is 5. The molecule has 1 fully saturated rings. The second-order valence-electron chi connectivity index (χ2n) is 13.7. The van der Waals surface area contributed by atoms with Crippen LogP contribution in [-0.4, -0.2) is 66.4 Å².